The molecule has 1 unspecified atom stereocenters. The topological polar surface area (TPSA) is 149 Å². The van der Waals surface area contributed by atoms with Gasteiger partial charge in [-0.1, -0.05) is 138 Å². The van der Waals surface area contributed by atoms with Crippen LogP contribution in [0.5, 0.6) is 0 Å². The molecule has 3 atom stereocenters. The van der Waals surface area contributed by atoms with Crippen molar-refractivity contribution in [1.29, 1.82) is 0 Å². The highest BCUT2D eigenvalue weighted by Gasteiger charge is 2.27. The molecule has 0 fully saturated rings. The second-order valence-corrected chi connectivity index (χ2v) is 13.7. The summed E-state index contributed by atoms with van der Waals surface area (Å²) in [4.78, 5) is 34.7. The van der Waals surface area contributed by atoms with Gasteiger partial charge in [-0.2, -0.15) is 0 Å². The Kier molecular flexibility index (Phi) is 34.0. The number of esters is 2. The van der Waals surface area contributed by atoms with E-state index >= 15 is 0 Å². The Hall–Kier alpha value is -2.59. The molecule has 0 rings (SSSR count). The van der Waals surface area contributed by atoms with Crippen LogP contribution in [-0.4, -0.2) is 65.7 Å². The predicted octanol–water partition coefficient (Wildman–Crippen LogP) is 9.33. The summed E-state index contributed by atoms with van der Waals surface area (Å²) in [6.07, 6.45) is 39.0. The standard InChI is InChI=1S/C40H67O10P/c1-3-5-7-9-11-13-14-15-16-17-18-19-20-21-22-24-25-27-29-31-39(43)47-35-38(36-49-51(45,46)48-34-37(42)33-41)50-40(44)32-30-28-26-23-12-10-8-6-4-2/h5,7,11,13,15-16,18-19,21-22,25,27,37-38,41-42H,3-4,6,8-10,12,14,17,20,23-24,26,28-36H2,1-2H3,(H,45,46)/b7-5-,13-11-,16-15-,19-18-,22-21-,27-25-/t37-,38+/m0/s1. The fourth-order valence-electron chi connectivity index (χ4n) is 4.49. The van der Waals surface area contributed by atoms with E-state index in [4.69, 9.17) is 19.1 Å². The van der Waals surface area contributed by atoms with Gasteiger partial charge in [0.05, 0.1) is 19.8 Å². The number of aliphatic hydroxyl groups excluding tert-OH is 2. The molecule has 0 spiro atoms. The van der Waals surface area contributed by atoms with Gasteiger partial charge in [0.1, 0.15) is 12.7 Å². The predicted molar refractivity (Wildman–Crippen MR) is 205 cm³/mol. The lowest BCUT2D eigenvalue weighted by Gasteiger charge is -2.20. The Labute approximate surface area is 308 Å². The first-order chi connectivity index (χ1) is 24.7. The summed E-state index contributed by atoms with van der Waals surface area (Å²) in [5.41, 5.74) is 0. The third kappa shape index (κ3) is 35.6. The van der Waals surface area contributed by atoms with E-state index in [1.807, 2.05) is 12.2 Å². The zero-order chi connectivity index (χ0) is 37.7. The van der Waals surface area contributed by atoms with Crippen LogP contribution in [0.3, 0.4) is 0 Å². The van der Waals surface area contributed by atoms with Crippen LogP contribution in [0.25, 0.3) is 0 Å². The van der Waals surface area contributed by atoms with Crippen molar-refractivity contribution in [3.8, 4) is 0 Å². The van der Waals surface area contributed by atoms with Gasteiger partial charge in [-0.25, -0.2) is 4.57 Å². The molecule has 0 saturated heterocycles. The van der Waals surface area contributed by atoms with Crippen LogP contribution in [0.4, 0.5) is 0 Å². The number of ether oxygens (including phenoxy) is 2. The first-order valence-corrected chi connectivity index (χ1v) is 20.4. The second-order valence-electron chi connectivity index (χ2n) is 12.2. The SMILES string of the molecule is CC/C=C\C/C=C\C/C=C\C/C=C\C/C=C\C/C=C\CCC(=O)OC[C@H](COP(=O)(O)OC[C@@H](O)CO)OC(=O)CCCCCCCCCCC. The Morgan fingerprint density at radius 1 is 0.608 bits per heavy atom. The molecule has 10 nitrogen and oxygen atoms in total. The summed E-state index contributed by atoms with van der Waals surface area (Å²) >= 11 is 0. The number of rotatable bonds is 34. The molecule has 0 aliphatic heterocycles. The number of allylic oxidation sites excluding steroid dienone is 12. The van der Waals surface area contributed by atoms with Gasteiger partial charge < -0.3 is 24.6 Å². The third-order valence-corrected chi connectivity index (χ3v) is 8.34. The number of phosphoric ester groups is 1. The minimum atomic E-state index is -4.63. The number of carbonyl (C=O) groups is 2. The number of carbonyl (C=O) groups excluding carboxylic acids is 2. The smallest absolute Gasteiger partial charge is 0.462 e. The third-order valence-electron chi connectivity index (χ3n) is 7.39. The average molecular weight is 739 g/mol. The van der Waals surface area contributed by atoms with Gasteiger partial charge in [0.15, 0.2) is 6.10 Å². The summed E-state index contributed by atoms with van der Waals surface area (Å²) in [5, 5.41) is 18.2. The fraction of sp³-hybridized carbons (Fsp3) is 0.650. The van der Waals surface area contributed by atoms with Gasteiger partial charge in [-0.3, -0.25) is 18.6 Å². The van der Waals surface area contributed by atoms with Gasteiger partial charge in [0.25, 0.3) is 0 Å². The molecule has 0 bridgehead atoms. The van der Waals surface area contributed by atoms with E-state index in [0.717, 1.165) is 57.8 Å². The molecule has 0 aromatic carbocycles. The van der Waals surface area contributed by atoms with Gasteiger partial charge in [0, 0.05) is 12.8 Å². The quantitative estimate of drug-likeness (QED) is 0.0252. The van der Waals surface area contributed by atoms with Crippen molar-refractivity contribution in [3.05, 3.63) is 72.9 Å². The summed E-state index contributed by atoms with van der Waals surface area (Å²) in [5.74, 6) is -1.03. The molecule has 0 radical (unpaired) electrons. The lowest BCUT2D eigenvalue weighted by atomic mass is 10.1. The Morgan fingerprint density at radius 3 is 1.59 bits per heavy atom. The van der Waals surface area contributed by atoms with Gasteiger partial charge in [0.2, 0.25) is 0 Å². The van der Waals surface area contributed by atoms with Gasteiger partial charge >= 0.3 is 19.8 Å². The highest BCUT2D eigenvalue weighted by molar-refractivity contribution is 7.47. The zero-order valence-electron chi connectivity index (χ0n) is 31.3. The number of aliphatic hydroxyl groups is 2. The van der Waals surface area contributed by atoms with Crippen LogP contribution >= 0.6 is 7.82 Å². The highest BCUT2D eigenvalue weighted by Crippen LogP contribution is 2.43. The normalized spacial score (nSPS) is 14.8. The molecule has 0 aromatic rings. The van der Waals surface area contributed by atoms with Gasteiger partial charge in [-0.15, -0.1) is 0 Å². The van der Waals surface area contributed by atoms with Crippen molar-refractivity contribution in [3.63, 3.8) is 0 Å². The molecular formula is C40H67O10P. The minimum Gasteiger partial charge on any atom is -0.462 e. The molecule has 3 N–H and O–H groups in total. The van der Waals surface area contributed by atoms with E-state index < -0.39 is 51.8 Å². The maximum Gasteiger partial charge on any atom is 0.472 e. The van der Waals surface area contributed by atoms with Crippen molar-refractivity contribution in [2.24, 2.45) is 0 Å². The first-order valence-electron chi connectivity index (χ1n) is 18.9. The lowest BCUT2D eigenvalue weighted by Crippen LogP contribution is -2.29. The van der Waals surface area contributed by atoms with Crippen LogP contribution in [0, 0.1) is 0 Å². The molecule has 292 valence electrons. The van der Waals surface area contributed by atoms with Crippen molar-refractivity contribution in [2.45, 2.75) is 142 Å². The zero-order valence-corrected chi connectivity index (χ0v) is 32.2. The fourth-order valence-corrected chi connectivity index (χ4v) is 5.28. The van der Waals surface area contributed by atoms with E-state index in [-0.39, 0.29) is 19.4 Å². The average Bonchev–Trinajstić information content (AvgIpc) is 3.12. The van der Waals surface area contributed by atoms with Crippen molar-refractivity contribution >= 4 is 19.8 Å². The summed E-state index contributed by atoms with van der Waals surface area (Å²) in [6, 6.07) is 0. The molecule has 0 aliphatic carbocycles. The molecule has 0 aromatic heterocycles. The largest absolute Gasteiger partial charge is 0.472 e. The van der Waals surface area contributed by atoms with Crippen LogP contribution in [-0.2, 0) is 32.7 Å². The Morgan fingerprint density at radius 2 is 1.08 bits per heavy atom. The Balaban J connectivity index is 4.46. The van der Waals surface area contributed by atoms with E-state index in [9.17, 15) is 24.2 Å². The number of hydrogen-bond donors (Lipinski definition) is 3. The maximum absolute atomic E-state index is 12.5. The van der Waals surface area contributed by atoms with E-state index in [1.165, 1.54) is 32.1 Å². The molecule has 0 amide bonds. The van der Waals surface area contributed by atoms with Crippen molar-refractivity contribution < 1.29 is 47.8 Å². The van der Waals surface area contributed by atoms with Gasteiger partial charge in [-0.05, 0) is 51.4 Å². The molecule has 51 heavy (non-hydrogen) atoms. The molecule has 0 aliphatic rings. The Bertz CT molecular complexity index is 1080. The van der Waals surface area contributed by atoms with E-state index in [2.05, 4.69) is 79.1 Å². The first kappa shape index (κ1) is 48.4. The minimum absolute atomic E-state index is 0.114. The molecule has 0 saturated carbocycles. The van der Waals surface area contributed by atoms with Crippen molar-refractivity contribution in [2.75, 3.05) is 26.4 Å². The van der Waals surface area contributed by atoms with Crippen LogP contribution in [0.15, 0.2) is 72.9 Å². The summed E-state index contributed by atoms with van der Waals surface area (Å²) < 4.78 is 32.4. The number of hydrogen-bond acceptors (Lipinski definition) is 9. The monoisotopic (exact) mass is 738 g/mol. The molecule has 11 heteroatoms. The molecular weight excluding hydrogens is 671 g/mol. The summed E-state index contributed by atoms with van der Waals surface area (Å²) in [6.45, 7) is 2.12. The van der Waals surface area contributed by atoms with Crippen molar-refractivity contribution in [1.82, 2.24) is 0 Å². The maximum atomic E-state index is 12.5. The summed E-state index contributed by atoms with van der Waals surface area (Å²) in [7, 11) is -4.63. The van der Waals surface area contributed by atoms with Crippen LogP contribution in [0.1, 0.15) is 129 Å². The number of phosphoric acid groups is 1. The number of unbranched alkanes of at least 4 members (excludes halogenated alkanes) is 8. The molecule has 0 heterocycles. The van der Waals surface area contributed by atoms with E-state index in [0.29, 0.717) is 12.8 Å². The van der Waals surface area contributed by atoms with Crippen LogP contribution in [0.2, 0.25) is 0 Å². The van der Waals surface area contributed by atoms with Crippen LogP contribution < -0.4 is 0 Å². The lowest BCUT2D eigenvalue weighted by molar-refractivity contribution is -0.161. The second kappa shape index (κ2) is 35.8. The highest BCUT2D eigenvalue weighted by atomic mass is 31.2. The van der Waals surface area contributed by atoms with E-state index in [1.54, 1.807) is 0 Å².